The van der Waals surface area contributed by atoms with Crippen LogP contribution >= 0.6 is 0 Å². The van der Waals surface area contributed by atoms with Crippen LogP contribution in [0, 0.1) is 5.92 Å². The van der Waals surface area contributed by atoms with E-state index in [0.29, 0.717) is 18.9 Å². The van der Waals surface area contributed by atoms with Crippen molar-refractivity contribution in [2.45, 2.75) is 39.3 Å². The maximum Gasteiger partial charge on any atom is 0.323 e. The van der Waals surface area contributed by atoms with Crippen molar-refractivity contribution in [3.05, 3.63) is 35.9 Å². The van der Waals surface area contributed by atoms with Gasteiger partial charge in [-0.05, 0) is 31.9 Å². The van der Waals surface area contributed by atoms with Gasteiger partial charge in [0.25, 0.3) is 0 Å². The molecule has 0 fully saturated rings. The zero-order chi connectivity index (χ0) is 13.8. The summed E-state index contributed by atoms with van der Waals surface area (Å²) in [6, 6.07) is 9.96. The van der Waals surface area contributed by atoms with E-state index >= 15 is 0 Å². The Bertz CT molecular complexity index is 389. The molecule has 0 heterocycles. The molecule has 0 aliphatic carbocycles. The number of carboxylic acid groups (broad SMARTS) is 1. The number of hydrogen-bond donors (Lipinski definition) is 1. The summed E-state index contributed by atoms with van der Waals surface area (Å²) in [5.74, 6) is -0.404. The van der Waals surface area contributed by atoms with E-state index in [1.807, 2.05) is 42.3 Å². The normalized spacial score (nSPS) is 14.8. The number of nitrogens with zero attached hydrogens (tertiary/aromatic N) is 1. The highest BCUT2D eigenvalue weighted by Crippen LogP contribution is 2.25. The monoisotopic (exact) mass is 249 g/mol. The number of likely N-dealkylation sites (N-methyl/N-ethyl adjacent to an activating group) is 1. The van der Waals surface area contributed by atoms with Gasteiger partial charge in [0.15, 0.2) is 0 Å². The van der Waals surface area contributed by atoms with Gasteiger partial charge in [-0.25, -0.2) is 0 Å². The van der Waals surface area contributed by atoms with Gasteiger partial charge in [-0.3, -0.25) is 9.69 Å². The quantitative estimate of drug-likeness (QED) is 0.842. The Morgan fingerprint density at radius 2 is 1.89 bits per heavy atom. The number of aliphatic carboxylic acids is 1. The van der Waals surface area contributed by atoms with Crippen LogP contribution in [0.1, 0.15) is 32.8 Å². The third-order valence-corrected chi connectivity index (χ3v) is 3.37. The Balaban J connectivity index is 2.83. The molecule has 1 aromatic carbocycles. The molecule has 0 saturated carbocycles. The minimum absolute atomic E-state index is 0.351. The molecule has 3 nitrogen and oxygen atoms in total. The van der Waals surface area contributed by atoms with Gasteiger partial charge in [0.05, 0.1) is 0 Å². The summed E-state index contributed by atoms with van der Waals surface area (Å²) in [4.78, 5) is 13.5. The first-order chi connectivity index (χ1) is 8.36. The highest BCUT2D eigenvalue weighted by atomic mass is 16.4. The van der Waals surface area contributed by atoms with Crippen LogP contribution in [0.5, 0.6) is 0 Å². The van der Waals surface area contributed by atoms with Gasteiger partial charge in [-0.1, -0.05) is 44.2 Å². The van der Waals surface area contributed by atoms with Gasteiger partial charge < -0.3 is 5.11 Å². The fourth-order valence-corrected chi connectivity index (χ4v) is 2.23. The number of hydrogen-bond acceptors (Lipinski definition) is 2. The van der Waals surface area contributed by atoms with Crippen LogP contribution in [0.3, 0.4) is 0 Å². The van der Waals surface area contributed by atoms with Gasteiger partial charge in [0, 0.05) is 6.54 Å². The third kappa shape index (κ3) is 3.57. The van der Waals surface area contributed by atoms with Crippen molar-refractivity contribution in [3.63, 3.8) is 0 Å². The average Bonchev–Trinajstić information content (AvgIpc) is 2.29. The van der Waals surface area contributed by atoms with Crippen molar-refractivity contribution in [1.29, 1.82) is 0 Å². The lowest BCUT2D eigenvalue weighted by atomic mass is 9.89. The molecule has 18 heavy (non-hydrogen) atoms. The molecule has 1 atom stereocenters. The zero-order valence-corrected chi connectivity index (χ0v) is 11.7. The first kappa shape index (κ1) is 14.7. The molecule has 1 aromatic rings. The molecule has 0 radical (unpaired) electrons. The number of benzene rings is 1. The van der Waals surface area contributed by atoms with E-state index in [4.69, 9.17) is 0 Å². The van der Waals surface area contributed by atoms with Crippen molar-refractivity contribution in [2.75, 3.05) is 7.05 Å². The lowest BCUT2D eigenvalue weighted by Crippen LogP contribution is -2.50. The fraction of sp³-hybridized carbons (Fsp3) is 0.533. The van der Waals surface area contributed by atoms with Crippen molar-refractivity contribution in [2.24, 2.45) is 5.92 Å². The fourth-order valence-electron chi connectivity index (χ4n) is 2.23. The molecule has 0 bridgehead atoms. The lowest BCUT2D eigenvalue weighted by molar-refractivity contribution is -0.151. The topological polar surface area (TPSA) is 40.5 Å². The molecule has 100 valence electrons. The van der Waals surface area contributed by atoms with Gasteiger partial charge in [0.2, 0.25) is 0 Å². The zero-order valence-electron chi connectivity index (χ0n) is 11.7. The van der Waals surface area contributed by atoms with Crippen LogP contribution in [0.15, 0.2) is 30.3 Å². The molecular formula is C15H23NO2. The summed E-state index contributed by atoms with van der Waals surface area (Å²) in [6.07, 6.45) is 0.645. The van der Waals surface area contributed by atoms with E-state index in [-0.39, 0.29) is 0 Å². The van der Waals surface area contributed by atoms with Crippen LogP contribution in [0.2, 0.25) is 0 Å². The van der Waals surface area contributed by atoms with Crippen LogP contribution in [-0.2, 0) is 11.3 Å². The molecular weight excluding hydrogens is 226 g/mol. The van der Waals surface area contributed by atoms with E-state index in [9.17, 15) is 9.90 Å². The van der Waals surface area contributed by atoms with E-state index in [1.165, 1.54) is 0 Å². The van der Waals surface area contributed by atoms with E-state index < -0.39 is 11.5 Å². The maximum atomic E-state index is 11.5. The van der Waals surface area contributed by atoms with Gasteiger partial charge in [-0.2, -0.15) is 0 Å². The summed E-state index contributed by atoms with van der Waals surface area (Å²) in [7, 11) is 1.88. The minimum Gasteiger partial charge on any atom is -0.480 e. The highest BCUT2D eigenvalue weighted by Gasteiger charge is 2.37. The largest absolute Gasteiger partial charge is 0.480 e. The number of carboxylic acids is 1. The molecule has 0 aliphatic rings. The van der Waals surface area contributed by atoms with E-state index in [1.54, 1.807) is 6.92 Å². The van der Waals surface area contributed by atoms with Crippen LogP contribution in [0.25, 0.3) is 0 Å². The highest BCUT2D eigenvalue weighted by molar-refractivity contribution is 5.78. The maximum absolute atomic E-state index is 11.5. The molecule has 1 N–H and O–H groups in total. The molecule has 1 rings (SSSR count). The predicted molar refractivity (Wildman–Crippen MR) is 73.4 cm³/mol. The summed E-state index contributed by atoms with van der Waals surface area (Å²) in [6.45, 7) is 6.56. The number of rotatable bonds is 6. The summed E-state index contributed by atoms with van der Waals surface area (Å²) >= 11 is 0. The smallest absolute Gasteiger partial charge is 0.323 e. The van der Waals surface area contributed by atoms with Gasteiger partial charge >= 0.3 is 5.97 Å². The Labute approximate surface area is 109 Å². The second-order valence-corrected chi connectivity index (χ2v) is 5.52. The van der Waals surface area contributed by atoms with Gasteiger partial charge in [-0.15, -0.1) is 0 Å². The van der Waals surface area contributed by atoms with Crippen LogP contribution in [-0.4, -0.2) is 28.6 Å². The second kappa shape index (κ2) is 6.01. The van der Waals surface area contributed by atoms with Crippen LogP contribution < -0.4 is 0 Å². The predicted octanol–water partition coefficient (Wildman–Crippen LogP) is 3.01. The number of carbonyl (C=O) groups is 1. The summed E-state index contributed by atoms with van der Waals surface area (Å²) in [5, 5.41) is 9.49. The summed E-state index contributed by atoms with van der Waals surface area (Å²) < 4.78 is 0. The van der Waals surface area contributed by atoms with E-state index in [0.717, 1.165) is 5.56 Å². The second-order valence-electron chi connectivity index (χ2n) is 5.52. The molecule has 3 heteroatoms. The third-order valence-electron chi connectivity index (χ3n) is 3.37. The van der Waals surface area contributed by atoms with E-state index in [2.05, 4.69) is 13.8 Å². The molecule has 0 spiro atoms. The average molecular weight is 249 g/mol. The van der Waals surface area contributed by atoms with Gasteiger partial charge in [0.1, 0.15) is 5.54 Å². The Kier molecular flexibility index (Phi) is 4.91. The molecule has 0 saturated heterocycles. The van der Waals surface area contributed by atoms with Crippen molar-refractivity contribution >= 4 is 5.97 Å². The van der Waals surface area contributed by atoms with Crippen molar-refractivity contribution in [3.8, 4) is 0 Å². The Hall–Kier alpha value is -1.35. The molecule has 0 aliphatic heterocycles. The Morgan fingerprint density at radius 3 is 2.33 bits per heavy atom. The van der Waals surface area contributed by atoms with Crippen molar-refractivity contribution < 1.29 is 9.90 Å². The van der Waals surface area contributed by atoms with Crippen molar-refractivity contribution in [1.82, 2.24) is 4.90 Å². The lowest BCUT2D eigenvalue weighted by Gasteiger charge is -2.36. The minimum atomic E-state index is -0.815. The molecule has 1 unspecified atom stereocenters. The first-order valence-electron chi connectivity index (χ1n) is 6.35. The Morgan fingerprint density at radius 1 is 1.33 bits per heavy atom. The summed E-state index contributed by atoms with van der Waals surface area (Å²) in [5.41, 5.74) is 0.320. The molecule has 0 amide bonds. The standard InChI is InChI=1S/C15H23NO2/c1-12(2)10-15(3,14(17)18)16(4)11-13-8-6-5-7-9-13/h5-9,12H,10-11H2,1-4H3,(H,17,18). The first-order valence-corrected chi connectivity index (χ1v) is 6.35. The SMILES string of the molecule is CC(C)CC(C)(C(=O)O)N(C)Cc1ccccc1. The van der Waals surface area contributed by atoms with Crippen LogP contribution in [0.4, 0.5) is 0 Å². The molecule has 0 aromatic heterocycles.